The summed E-state index contributed by atoms with van der Waals surface area (Å²) in [4.78, 5) is 22.5. The summed E-state index contributed by atoms with van der Waals surface area (Å²) in [7, 11) is 0. The van der Waals surface area contributed by atoms with Crippen LogP contribution in [-0.2, 0) is 16.2 Å². The number of hydroxylamine groups is 1. The fourth-order valence-corrected chi connectivity index (χ4v) is 3.56. The summed E-state index contributed by atoms with van der Waals surface area (Å²) in [5.41, 5.74) is 2.10. The van der Waals surface area contributed by atoms with Gasteiger partial charge in [-0.3, -0.25) is 9.63 Å². The maximum Gasteiger partial charge on any atom is 0.228 e. The minimum Gasteiger partial charge on any atom is -0.310 e. The SMILES string of the molecule is O=C(Nc1cc(CN(OCC2CCCC2)c2ccccc2)ccn1)C1CC1. The molecule has 0 atom stereocenters. The number of aromatic nitrogens is 1. The minimum atomic E-state index is 0.0806. The fourth-order valence-electron chi connectivity index (χ4n) is 3.56. The Morgan fingerprint density at radius 2 is 1.89 bits per heavy atom. The summed E-state index contributed by atoms with van der Waals surface area (Å²) >= 11 is 0. The van der Waals surface area contributed by atoms with Crippen LogP contribution in [0.15, 0.2) is 48.7 Å². The van der Waals surface area contributed by atoms with E-state index in [1.165, 1.54) is 25.7 Å². The molecule has 1 aromatic carbocycles. The number of anilines is 2. The molecule has 0 radical (unpaired) electrons. The number of carbonyl (C=O) groups is 1. The quantitative estimate of drug-likeness (QED) is 0.697. The van der Waals surface area contributed by atoms with Gasteiger partial charge >= 0.3 is 0 Å². The van der Waals surface area contributed by atoms with Crippen molar-refractivity contribution in [2.75, 3.05) is 17.0 Å². The predicted molar refractivity (Wildman–Crippen MR) is 106 cm³/mol. The number of nitrogens with one attached hydrogen (secondary N) is 1. The molecule has 0 unspecified atom stereocenters. The van der Waals surface area contributed by atoms with Gasteiger partial charge in [-0.05, 0) is 61.4 Å². The highest BCUT2D eigenvalue weighted by molar-refractivity contribution is 5.93. The Kier molecular flexibility index (Phi) is 5.68. The van der Waals surface area contributed by atoms with Gasteiger partial charge in [-0.2, -0.15) is 0 Å². The van der Waals surface area contributed by atoms with Crippen LogP contribution in [0.4, 0.5) is 11.5 Å². The molecule has 1 N–H and O–H groups in total. The molecule has 0 spiro atoms. The normalized spacial score (nSPS) is 17.0. The number of nitrogens with zero attached hydrogens (tertiary/aromatic N) is 2. The summed E-state index contributed by atoms with van der Waals surface area (Å²) in [5.74, 6) is 1.53. The number of rotatable bonds is 8. The van der Waals surface area contributed by atoms with Crippen LogP contribution in [0.2, 0.25) is 0 Å². The van der Waals surface area contributed by atoms with Gasteiger partial charge in [0, 0.05) is 12.1 Å². The van der Waals surface area contributed by atoms with Gasteiger partial charge in [-0.1, -0.05) is 31.0 Å². The summed E-state index contributed by atoms with van der Waals surface area (Å²) in [6.45, 7) is 1.37. The van der Waals surface area contributed by atoms with Crippen LogP contribution in [0.1, 0.15) is 44.1 Å². The molecule has 0 bridgehead atoms. The lowest BCUT2D eigenvalue weighted by Crippen LogP contribution is -2.26. The largest absolute Gasteiger partial charge is 0.310 e. The van der Waals surface area contributed by atoms with Crippen molar-refractivity contribution in [2.45, 2.75) is 45.1 Å². The molecular formula is C22H27N3O2. The third-order valence-electron chi connectivity index (χ3n) is 5.33. The molecule has 0 aliphatic heterocycles. The van der Waals surface area contributed by atoms with Gasteiger partial charge in [0.2, 0.25) is 5.91 Å². The molecule has 2 aromatic rings. The molecular weight excluding hydrogens is 338 g/mol. The van der Waals surface area contributed by atoms with E-state index in [2.05, 4.69) is 22.4 Å². The summed E-state index contributed by atoms with van der Waals surface area (Å²) < 4.78 is 0. The first-order chi connectivity index (χ1) is 13.3. The molecule has 2 saturated carbocycles. The van der Waals surface area contributed by atoms with Gasteiger partial charge in [0.1, 0.15) is 5.82 Å². The number of carbonyl (C=O) groups excluding carboxylic acids is 1. The zero-order chi connectivity index (χ0) is 18.5. The zero-order valence-electron chi connectivity index (χ0n) is 15.6. The molecule has 5 heteroatoms. The Labute approximate surface area is 160 Å². The standard InChI is InChI=1S/C22H27N3O2/c26-22(19-10-11-19)24-21-14-18(12-13-23-21)15-25(20-8-2-1-3-9-20)27-16-17-6-4-5-7-17/h1-3,8-9,12-14,17,19H,4-7,10-11,15-16H2,(H,23,24,26). The molecule has 4 rings (SSSR count). The smallest absolute Gasteiger partial charge is 0.228 e. The minimum absolute atomic E-state index is 0.0806. The van der Waals surface area contributed by atoms with E-state index in [4.69, 9.17) is 4.84 Å². The maximum absolute atomic E-state index is 12.0. The molecule has 142 valence electrons. The van der Waals surface area contributed by atoms with E-state index in [1.807, 2.05) is 35.4 Å². The Bertz CT molecular complexity index is 755. The Hall–Kier alpha value is -2.40. The molecule has 5 nitrogen and oxygen atoms in total. The second-order valence-electron chi connectivity index (χ2n) is 7.63. The van der Waals surface area contributed by atoms with E-state index in [0.717, 1.165) is 30.7 Å². The summed E-state index contributed by atoms with van der Waals surface area (Å²) in [6.07, 6.45) is 8.87. The number of benzene rings is 1. The van der Waals surface area contributed by atoms with Crippen LogP contribution in [0, 0.1) is 11.8 Å². The molecule has 27 heavy (non-hydrogen) atoms. The Morgan fingerprint density at radius 3 is 2.63 bits per heavy atom. The topological polar surface area (TPSA) is 54.5 Å². The van der Waals surface area contributed by atoms with Gasteiger partial charge in [-0.25, -0.2) is 10.0 Å². The lowest BCUT2D eigenvalue weighted by molar-refractivity contribution is -0.117. The monoisotopic (exact) mass is 365 g/mol. The highest BCUT2D eigenvalue weighted by atomic mass is 16.7. The van der Waals surface area contributed by atoms with E-state index >= 15 is 0 Å². The fraction of sp³-hybridized carbons (Fsp3) is 0.455. The molecule has 1 heterocycles. The predicted octanol–water partition coefficient (Wildman–Crippen LogP) is 4.56. The van der Waals surface area contributed by atoms with Gasteiger partial charge in [0.15, 0.2) is 0 Å². The van der Waals surface area contributed by atoms with Crippen molar-refractivity contribution < 1.29 is 9.63 Å². The third-order valence-corrected chi connectivity index (χ3v) is 5.33. The maximum atomic E-state index is 12.0. The van der Waals surface area contributed by atoms with Crippen molar-refractivity contribution in [3.63, 3.8) is 0 Å². The first-order valence-electron chi connectivity index (χ1n) is 9.99. The molecule has 2 fully saturated rings. The molecule has 2 aliphatic rings. The van der Waals surface area contributed by atoms with Crippen molar-refractivity contribution in [1.82, 2.24) is 4.98 Å². The van der Waals surface area contributed by atoms with Crippen LogP contribution in [-0.4, -0.2) is 17.5 Å². The molecule has 2 aliphatic carbocycles. The average molecular weight is 365 g/mol. The van der Waals surface area contributed by atoms with Crippen molar-refractivity contribution in [2.24, 2.45) is 11.8 Å². The van der Waals surface area contributed by atoms with Crippen LogP contribution < -0.4 is 10.4 Å². The van der Waals surface area contributed by atoms with Crippen molar-refractivity contribution >= 4 is 17.4 Å². The van der Waals surface area contributed by atoms with Crippen LogP contribution >= 0.6 is 0 Å². The van der Waals surface area contributed by atoms with Crippen molar-refractivity contribution in [3.8, 4) is 0 Å². The van der Waals surface area contributed by atoms with E-state index in [0.29, 0.717) is 18.3 Å². The van der Waals surface area contributed by atoms with E-state index in [-0.39, 0.29) is 11.8 Å². The summed E-state index contributed by atoms with van der Waals surface area (Å²) in [5, 5.41) is 4.88. The first kappa shape index (κ1) is 18.0. The van der Waals surface area contributed by atoms with E-state index < -0.39 is 0 Å². The first-order valence-corrected chi connectivity index (χ1v) is 9.99. The van der Waals surface area contributed by atoms with E-state index in [9.17, 15) is 4.79 Å². The second kappa shape index (κ2) is 8.53. The molecule has 0 saturated heterocycles. The molecule has 1 amide bonds. The zero-order valence-corrected chi connectivity index (χ0v) is 15.6. The van der Waals surface area contributed by atoms with Crippen molar-refractivity contribution in [3.05, 3.63) is 54.2 Å². The van der Waals surface area contributed by atoms with E-state index in [1.54, 1.807) is 6.20 Å². The summed E-state index contributed by atoms with van der Waals surface area (Å²) in [6, 6.07) is 14.1. The van der Waals surface area contributed by atoms with Crippen molar-refractivity contribution in [1.29, 1.82) is 0 Å². The van der Waals surface area contributed by atoms with Crippen LogP contribution in [0.25, 0.3) is 0 Å². The van der Waals surface area contributed by atoms with Crippen LogP contribution in [0.3, 0.4) is 0 Å². The van der Waals surface area contributed by atoms with Crippen LogP contribution in [0.5, 0.6) is 0 Å². The number of hydrogen-bond donors (Lipinski definition) is 1. The Morgan fingerprint density at radius 1 is 1.11 bits per heavy atom. The number of pyridine rings is 1. The average Bonchev–Trinajstić information content (AvgIpc) is 3.43. The lowest BCUT2D eigenvalue weighted by atomic mass is 10.1. The lowest BCUT2D eigenvalue weighted by Gasteiger charge is -2.25. The third kappa shape index (κ3) is 5.07. The second-order valence-corrected chi connectivity index (χ2v) is 7.63. The highest BCUT2D eigenvalue weighted by Crippen LogP contribution is 2.30. The number of para-hydroxylation sites is 1. The Balaban J connectivity index is 1.44. The van der Waals surface area contributed by atoms with Gasteiger partial charge < -0.3 is 5.32 Å². The highest BCUT2D eigenvalue weighted by Gasteiger charge is 2.29. The molecule has 1 aromatic heterocycles. The van der Waals surface area contributed by atoms with Gasteiger partial charge in [0.05, 0.1) is 18.8 Å². The van der Waals surface area contributed by atoms with Gasteiger partial charge in [0.25, 0.3) is 0 Å². The van der Waals surface area contributed by atoms with Gasteiger partial charge in [-0.15, -0.1) is 0 Å². The number of amides is 1. The number of hydrogen-bond acceptors (Lipinski definition) is 4.